The number of hydrogen-bond acceptors (Lipinski definition) is 4. The summed E-state index contributed by atoms with van der Waals surface area (Å²) in [5.74, 6) is -0.287. The SMILES string of the molecule is CCCCC(S)C(=O)OCCC(C)=O. The summed E-state index contributed by atoms with van der Waals surface area (Å²) in [6.45, 7) is 3.71. The van der Waals surface area contributed by atoms with Crippen LogP contribution in [0.2, 0.25) is 0 Å². The minimum Gasteiger partial charge on any atom is -0.464 e. The van der Waals surface area contributed by atoms with Gasteiger partial charge in [0.2, 0.25) is 0 Å². The molecule has 0 aliphatic heterocycles. The topological polar surface area (TPSA) is 43.4 Å². The minimum absolute atomic E-state index is 0.0297. The molecule has 0 saturated heterocycles. The third-order valence-electron chi connectivity index (χ3n) is 1.80. The zero-order valence-corrected chi connectivity index (χ0v) is 9.68. The average Bonchev–Trinajstić information content (AvgIpc) is 2.13. The molecule has 0 fully saturated rings. The second-order valence-corrected chi connectivity index (χ2v) is 3.90. The number of thiol groups is 1. The van der Waals surface area contributed by atoms with E-state index in [2.05, 4.69) is 19.6 Å². The Morgan fingerprint density at radius 2 is 2.07 bits per heavy atom. The minimum atomic E-state index is -0.345. The van der Waals surface area contributed by atoms with E-state index in [0.29, 0.717) is 6.42 Å². The van der Waals surface area contributed by atoms with E-state index >= 15 is 0 Å². The van der Waals surface area contributed by atoms with Crippen molar-refractivity contribution in [3.8, 4) is 0 Å². The molecular weight excluding hydrogens is 200 g/mol. The maximum Gasteiger partial charge on any atom is 0.318 e. The molecule has 1 atom stereocenters. The van der Waals surface area contributed by atoms with Gasteiger partial charge in [-0.2, -0.15) is 12.6 Å². The Hall–Kier alpha value is -0.510. The molecule has 0 aromatic carbocycles. The van der Waals surface area contributed by atoms with Crippen molar-refractivity contribution >= 4 is 24.4 Å². The van der Waals surface area contributed by atoms with Crippen molar-refractivity contribution < 1.29 is 14.3 Å². The highest BCUT2D eigenvalue weighted by molar-refractivity contribution is 7.81. The molecule has 82 valence electrons. The lowest BCUT2D eigenvalue weighted by molar-refractivity contribution is -0.143. The van der Waals surface area contributed by atoms with Crippen molar-refractivity contribution in [2.24, 2.45) is 0 Å². The first kappa shape index (κ1) is 13.5. The zero-order valence-electron chi connectivity index (χ0n) is 8.78. The number of Topliss-reactive ketones (excluding diaryl/α,β-unsaturated/α-hetero) is 1. The van der Waals surface area contributed by atoms with E-state index in [1.807, 2.05) is 0 Å². The largest absolute Gasteiger partial charge is 0.464 e. The van der Waals surface area contributed by atoms with Gasteiger partial charge in [-0.25, -0.2) is 0 Å². The lowest BCUT2D eigenvalue weighted by atomic mass is 10.2. The van der Waals surface area contributed by atoms with Crippen LogP contribution in [0.4, 0.5) is 0 Å². The predicted octanol–water partition coefficient (Wildman–Crippen LogP) is 2.00. The number of ether oxygens (including phenoxy) is 1. The molecule has 0 spiro atoms. The first-order valence-electron chi connectivity index (χ1n) is 4.92. The number of rotatable bonds is 7. The van der Waals surface area contributed by atoms with Gasteiger partial charge in [0, 0.05) is 6.42 Å². The molecule has 3 nitrogen and oxygen atoms in total. The molecule has 0 bridgehead atoms. The second-order valence-electron chi connectivity index (χ2n) is 3.28. The Bertz CT molecular complexity index is 192. The van der Waals surface area contributed by atoms with Crippen LogP contribution in [0.25, 0.3) is 0 Å². The van der Waals surface area contributed by atoms with Crippen molar-refractivity contribution in [3.05, 3.63) is 0 Å². The summed E-state index contributed by atoms with van der Waals surface area (Å²) >= 11 is 4.12. The molecule has 0 aromatic rings. The summed E-state index contributed by atoms with van der Waals surface area (Å²) in [4.78, 5) is 21.8. The molecule has 0 N–H and O–H groups in total. The fourth-order valence-corrected chi connectivity index (χ4v) is 1.16. The predicted molar refractivity (Wildman–Crippen MR) is 58.6 cm³/mol. The van der Waals surface area contributed by atoms with Gasteiger partial charge in [0.15, 0.2) is 0 Å². The van der Waals surface area contributed by atoms with Gasteiger partial charge in [0.1, 0.15) is 5.78 Å². The van der Waals surface area contributed by atoms with Crippen molar-refractivity contribution in [3.63, 3.8) is 0 Å². The quantitative estimate of drug-likeness (QED) is 0.525. The lowest BCUT2D eigenvalue weighted by Crippen LogP contribution is -2.19. The van der Waals surface area contributed by atoms with E-state index in [-0.39, 0.29) is 23.6 Å². The molecule has 0 radical (unpaired) electrons. The van der Waals surface area contributed by atoms with E-state index in [4.69, 9.17) is 4.74 Å². The maximum atomic E-state index is 11.2. The molecule has 0 aliphatic rings. The highest BCUT2D eigenvalue weighted by Crippen LogP contribution is 2.08. The van der Waals surface area contributed by atoms with Crippen LogP contribution >= 0.6 is 12.6 Å². The van der Waals surface area contributed by atoms with Crippen LogP contribution in [-0.4, -0.2) is 23.6 Å². The molecule has 0 aliphatic carbocycles. The molecule has 0 saturated carbocycles. The van der Waals surface area contributed by atoms with Crippen molar-refractivity contribution in [1.82, 2.24) is 0 Å². The Kier molecular flexibility index (Phi) is 7.57. The molecule has 0 aromatic heterocycles. The van der Waals surface area contributed by atoms with E-state index in [0.717, 1.165) is 19.3 Å². The lowest BCUT2D eigenvalue weighted by Gasteiger charge is -2.09. The van der Waals surface area contributed by atoms with Crippen molar-refractivity contribution in [2.75, 3.05) is 6.61 Å². The van der Waals surface area contributed by atoms with Gasteiger partial charge in [-0.1, -0.05) is 19.8 Å². The fourth-order valence-electron chi connectivity index (χ4n) is 0.907. The van der Waals surface area contributed by atoms with Gasteiger partial charge in [0.05, 0.1) is 11.9 Å². The number of unbranched alkanes of at least 4 members (excludes halogenated alkanes) is 1. The normalized spacial score (nSPS) is 12.2. The Morgan fingerprint density at radius 3 is 2.57 bits per heavy atom. The van der Waals surface area contributed by atoms with Crippen LogP contribution in [0.5, 0.6) is 0 Å². The van der Waals surface area contributed by atoms with Crippen LogP contribution in [0.1, 0.15) is 39.5 Å². The number of hydrogen-bond donors (Lipinski definition) is 1. The van der Waals surface area contributed by atoms with E-state index in [1.165, 1.54) is 6.92 Å². The smallest absolute Gasteiger partial charge is 0.318 e. The standard InChI is InChI=1S/C10H18O3S/c1-3-4-5-9(14)10(12)13-7-6-8(2)11/h9,14H,3-7H2,1-2H3. The number of carbonyl (C=O) groups is 2. The fraction of sp³-hybridized carbons (Fsp3) is 0.800. The van der Waals surface area contributed by atoms with E-state index < -0.39 is 0 Å². The van der Waals surface area contributed by atoms with Gasteiger partial charge in [-0.3, -0.25) is 9.59 Å². The van der Waals surface area contributed by atoms with Crippen LogP contribution < -0.4 is 0 Å². The maximum absolute atomic E-state index is 11.2. The number of ketones is 1. The number of carbonyl (C=O) groups excluding carboxylic acids is 2. The second kappa shape index (κ2) is 7.85. The van der Waals surface area contributed by atoms with Gasteiger partial charge >= 0.3 is 5.97 Å². The van der Waals surface area contributed by atoms with Crippen LogP contribution in [-0.2, 0) is 14.3 Å². The highest BCUT2D eigenvalue weighted by Gasteiger charge is 2.14. The molecule has 0 heterocycles. The molecule has 0 rings (SSSR count). The summed E-state index contributed by atoms with van der Waals surface area (Å²) in [5.41, 5.74) is 0. The third kappa shape index (κ3) is 6.95. The van der Waals surface area contributed by atoms with Crippen molar-refractivity contribution in [1.29, 1.82) is 0 Å². The van der Waals surface area contributed by atoms with E-state index in [1.54, 1.807) is 0 Å². The zero-order chi connectivity index (χ0) is 11.0. The summed E-state index contributed by atoms with van der Waals surface area (Å²) in [5, 5.41) is -0.345. The molecule has 1 unspecified atom stereocenters. The summed E-state index contributed by atoms with van der Waals surface area (Å²) in [6, 6.07) is 0. The van der Waals surface area contributed by atoms with Crippen molar-refractivity contribution in [2.45, 2.75) is 44.8 Å². The van der Waals surface area contributed by atoms with E-state index in [9.17, 15) is 9.59 Å². The molecule has 4 heteroatoms. The monoisotopic (exact) mass is 218 g/mol. The van der Waals surface area contributed by atoms with Gasteiger partial charge in [-0.05, 0) is 13.3 Å². The number of esters is 1. The highest BCUT2D eigenvalue weighted by atomic mass is 32.1. The first-order valence-corrected chi connectivity index (χ1v) is 5.43. The average molecular weight is 218 g/mol. The van der Waals surface area contributed by atoms with Gasteiger partial charge < -0.3 is 4.74 Å². The summed E-state index contributed by atoms with van der Waals surface area (Å²) < 4.78 is 4.88. The molecule has 0 amide bonds. The Morgan fingerprint density at radius 1 is 1.43 bits per heavy atom. The molecular formula is C10H18O3S. The Balaban J connectivity index is 3.56. The first-order chi connectivity index (χ1) is 6.57. The van der Waals surface area contributed by atoms with Crippen LogP contribution in [0, 0.1) is 0 Å². The van der Waals surface area contributed by atoms with Crippen LogP contribution in [0.15, 0.2) is 0 Å². The Labute approximate surface area is 90.6 Å². The third-order valence-corrected chi connectivity index (χ3v) is 2.27. The van der Waals surface area contributed by atoms with Gasteiger partial charge in [-0.15, -0.1) is 0 Å². The van der Waals surface area contributed by atoms with Gasteiger partial charge in [0.25, 0.3) is 0 Å². The summed E-state index contributed by atoms with van der Waals surface area (Å²) in [6.07, 6.45) is 3.03. The summed E-state index contributed by atoms with van der Waals surface area (Å²) in [7, 11) is 0. The molecule has 14 heavy (non-hydrogen) atoms. The van der Waals surface area contributed by atoms with Crippen LogP contribution in [0.3, 0.4) is 0 Å².